The number of carbonyl (C=O) groups is 1. The van der Waals surface area contributed by atoms with Crippen LogP contribution in [-0.4, -0.2) is 22.1 Å². The van der Waals surface area contributed by atoms with Crippen molar-refractivity contribution in [2.45, 2.75) is 52.6 Å². The molecule has 0 bridgehead atoms. The molecule has 1 rings (SSSR count). The van der Waals surface area contributed by atoms with Crippen LogP contribution >= 0.6 is 11.3 Å². The normalized spacial score (nSPS) is 12.9. The van der Waals surface area contributed by atoms with Gasteiger partial charge in [0.1, 0.15) is 0 Å². The molecule has 1 heterocycles. The highest BCUT2D eigenvalue weighted by Gasteiger charge is 2.09. The zero-order chi connectivity index (χ0) is 13.5. The number of nitrogens with one attached hydrogen (secondary N) is 1. The van der Waals surface area contributed by atoms with Gasteiger partial charge in [-0.25, -0.2) is 9.78 Å². The molecule has 0 aliphatic heterocycles. The Morgan fingerprint density at radius 1 is 1.44 bits per heavy atom. The standard InChI is InChI=1S/C13H22N2O2S/c1-9(2)5-4-6-10(3)14-7-11-8-18-12(15-11)13(16)17/h8-10,14H,4-7H2,1-3H3,(H,16,17). The Hall–Kier alpha value is -0.940. The molecule has 0 saturated heterocycles. The van der Waals surface area contributed by atoms with Crippen LogP contribution in [-0.2, 0) is 6.54 Å². The first kappa shape index (κ1) is 15.1. The lowest BCUT2D eigenvalue weighted by Crippen LogP contribution is -2.25. The zero-order valence-electron chi connectivity index (χ0n) is 11.3. The van der Waals surface area contributed by atoms with Crippen molar-refractivity contribution in [1.82, 2.24) is 10.3 Å². The highest BCUT2D eigenvalue weighted by atomic mass is 32.1. The van der Waals surface area contributed by atoms with Gasteiger partial charge in [-0.05, 0) is 19.3 Å². The molecule has 1 atom stereocenters. The molecule has 18 heavy (non-hydrogen) atoms. The first-order valence-corrected chi connectivity index (χ1v) is 7.28. The van der Waals surface area contributed by atoms with E-state index in [0.29, 0.717) is 12.6 Å². The largest absolute Gasteiger partial charge is 0.476 e. The van der Waals surface area contributed by atoms with Crippen LogP contribution < -0.4 is 5.32 Å². The Labute approximate surface area is 112 Å². The third-order valence-electron chi connectivity index (χ3n) is 2.78. The second-order valence-electron chi connectivity index (χ2n) is 5.06. The van der Waals surface area contributed by atoms with Crippen molar-refractivity contribution in [2.75, 3.05) is 0 Å². The summed E-state index contributed by atoms with van der Waals surface area (Å²) in [5, 5.41) is 14.1. The molecule has 0 amide bonds. The van der Waals surface area contributed by atoms with Crippen LogP contribution in [0, 0.1) is 5.92 Å². The van der Waals surface area contributed by atoms with E-state index < -0.39 is 5.97 Å². The molecule has 5 heteroatoms. The van der Waals surface area contributed by atoms with E-state index in [9.17, 15) is 4.79 Å². The van der Waals surface area contributed by atoms with Crippen LogP contribution in [0.5, 0.6) is 0 Å². The van der Waals surface area contributed by atoms with Gasteiger partial charge < -0.3 is 10.4 Å². The summed E-state index contributed by atoms with van der Waals surface area (Å²) in [5.41, 5.74) is 0.813. The van der Waals surface area contributed by atoms with Crippen LogP contribution in [0.4, 0.5) is 0 Å². The number of hydrogen-bond donors (Lipinski definition) is 2. The van der Waals surface area contributed by atoms with Gasteiger partial charge in [0.15, 0.2) is 0 Å². The molecule has 1 aromatic heterocycles. The quantitative estimate of drug-likeness (QED) is 0.761. The maximum Gasteiger partial charge on any atom is 0.365 e. The average Bonchev–Trinajstić information content (AvgIpc) is 2.74. The summed E-state index contributed by atoms with van der Waals surface area (Å²) in [6, 6.07) is 0.443. The van der Waals surface area contributed by atoms with Crippen LogP contribution in [0.2, 0.25) is 0 Å². The Balaban J connectivity index is 2.24. The molecule has 4 nitrogen and oxygen atoms in total. The second-order valence-corrected chi connectivity index (χ2v) is 5.91. The Morgan fingerprint density at radius 3 is 2.72 bits per heavy atom. The van der Waals surface area contributed by atoms with Gasteiger partial charge in [-0.2, -0.15) is 0 Å². The van der Waals surface area contributed by atoms with Gasteiger partial charge in [-0.15, -0.1) is 11.3 Å². The average molecular weight is 270 g/mol. The SMILES string of the molecule is CC(C)CCCC(C)NCc1csc(C(=O)O)n1. The van der Waals surface area contributed by atoms with Gasteiger partial charge in [0.05, 0.1) is 5.69 Å². The van der Waals surface area contributed by atoms with Gasteiger partial charge in [0.2, 0.25) is 5.01 Å². The van der Waals surface area contributed by atoms with Crippen LogP contribution in [0.3, 0.4) is 0 Å². The van der Waals surface area contributed by atoms with Crippen LogP contribution in [0.15, 0.2) is 5.38 Å². The summed E-state index contributed by atoms with van der Waals surface area (Å²) in [6.07, 6.45) is 3.63. The van der Waals surface area contributed by atoms with Crippen molar-refractivity contribution in [2.24, 2.45) is 5.92 Å². The third kappa shape index (κ3) is 5.60. The molecule has 0 radical (unpaired) electrons. The summed E-state index contributed by atoms with van der Waals surface area (Å²) >= 11 is 1.18. The van der Waals surface area contributed by atoms with Crippen LogP contribution in [0.25, 0.3) is 0 Å². The summed E-state index contributed by atoms with van der Waals surface area (Å²) in [6.45, 7) is 7.28. The topological polar surface area (TPSA) is 62.2 Å². The minimum absolute atomic E-state index is 0.166. The van der Waals surface area contributed by atoms with E-state index in [1.807, 2.05) is 0 Å². The molecular formula is C13H22N2O2S. The number of nitrogens with zero attached hydrogens (tertiary/aromatic N) is 1. The third-order valence-corrected chi connectivity index (χ3v) is 3.66. The molecule has 0 aliphatic rings. The minimum atomic E-state index is -0.948. The molecule has 1 unspecified atom stereocenters. The smallest absolute Gasteiger partial charge is 0.365 e. The van der Waals surface area contributed by atoms with E-state index in [2.05, 4.69) is 31.1 Å². The summed E-state index contributed by atoms with van der Waals surface area (Å²) in [5.74, 6) is -0.190. The van der Waals surface area contributed by atoms with Gasteiger partial charge >= 0.3 is 5.97 Å². The minimum Gasteiger partial charge on any atom is -0.476 e. The van der Waals surface area contributed by atoms with E-state index in [0.717, 1.165) is 18.0 Å². The molecule has 102 valence electrons. The Kier molecular flexibility index (Phi) is 6.29. The van der Waals surface area contributed by atoms with Crippen molar-refractivity contribution in [3.05, 3.63) is 16.1 Å². The predicted octanol–water partition coefficient (Wildman–Crippen LogP) is 3.15. The molecule has 0 saturated carbocycles. The fourth-order valence-electron chi connectivity index (χ4n) is 1.70. The maximum absolute atomic E-state index is 10.7. The number of aromatic carboxylic acids is 1. The molecule has 0 fully saturated rings. The van der Waals surface area contributed by atoms with Crippen LogP contribution in [0.1, 0.15) is 55.5 Å². The number of aromatic nitrogens is 1. The van der Waals surface area contributed by atoms with E-state index in [1.54, 1.807) is 5.38 Å². The summed E-state index contributed by atoms with van der Waals surface area (Å²) in [4.78, 5) is 14.7. The number of thiazole rings is 1. The lowest BCUT2D eigenvalue weighted by molar-refractivity contribution is 0.0696. The molecule has 0 spiro atoms. The van der Waals surface area contributed by atoms with E-state index >= 15 is 0 Å². The Morgan fingerprint density at radius 2 is 2.17 bits per heavy atom. The first-order chi connectivity index (χ1) is 8.49. The maximum atomic E-state index is 10.7. The molecule has 2 N–H and O–H groups in total. The number of hydrogen-bond acceptors (Lipinski definition) is 4. The number of carboxylic acid groups (broad SMARTS) is 1. The number of rotatable bonds is 8. The highest BCUT2D eigenvalue weighted by molar-refractivity contribution is 7.11. The fraction of sp³-hybridized carbons (Fsp3) is 0.692. The molecule has 0 aliphatic carbocycles. The van der Waals surface area contributed by atoms with E-state index in [4.69, 9.17) is 5.11 Å². The zero-order valence-corrected chi connectivity index (χ0v) is 12.1. The van der Waals surface area contributed by atoms with Crippen molar-refractivity contribution in [3.63, 3.8) is 0 Å². The molecule has 1 aromatic rings. The lowest BCUT2D eigenvalue weighted by Gasteiger charge is -2.13. The van der Waals surface area contributed by atoms with E-state index in [1.165, 1.54) is 24.2 Å². The van der Waals surface area contributed by atoms with Gasteiger partial charge in [-0.1, -0.05) is 26.7 Å². The van der Waals surface area contributed by atoms with Gasteiger partial charge in [0.25, 0.3) is 0 Å². The summed E-state index contributed by atoms with van der Waals surface area (Å²) in [7, 11) is 0. The Bertz CT molecular complexity index is 377. The van der Waals surface area contributed by atoms with E-state index in [-0.39, 0.29) is 5.01 Å². The van der Waals surface area contributed by atoms with Crippen molar-refractivity contribution in [1.29, 1.82) is 0 Å². The molecular weight excluding hydrogens is 248 g/mol. The highest BCUT2D eigenvalue weighted by Crippen LogP contribution is 2.11. The second kappa shape index (κ2) is 7.48. The predicted molar refractivity (Wildman–Crippen MR) is 74.1 cm³/mol. The van der Waals surface area contributed by atoms with Gasteiger partial charge in [0, 0.05) is 18.0 Å². The van der Waals surface area contributed by atoms with Gasteiger partial charge in [-0.3, -0.25) is 0 Å². The number of carboxylic acids is 1. The first-order valence-electron chi connectivity index (χ1n) is 6.40. The molecule has 0 aromatic carbocycles. The van der Waals surface area contributed by atoms with Crippen molar-refractivity contribution in [3.8, 4) is 0 Å². The van der Waals surface area contributed by atoms with Crippen molar-refractivity contribution < 1.29 is 9.90 Å². The monoisotopic (exact) mass is 270 g/mol. The lowest BCUT2D eigenvalue weighted by atomic mass is 10.0. The van der Waals surface area contributed by atoms with Crippen molar-refractivity contribution >= 4 is 17.3 Å². The fourth-order valence-corrected chi connectivity index (χ4v) is 2.35. The summed E-state index contributed by atoms with van der Waals surface area (Å²) < 4.78 is 0.